The van der Waals surface area contributed by atoms with Gasteiger partial charge in [-0.05, 0) is 37.3 Å². The highest BCUT2D eigenvalue weighted by atomic mass is 16.5. The van der Waals surface area contributed by atoms with Crippen LogP contribution in [0.2, 0.25) is 0 Å². The average molecular weight is 394 g/mol. The minimum Gasteiger partial charge on any atom is -0.493 e. The Morgan fingerprint density at radius 2 is 1.76 bits per heavy atom. The lowest BCUT2D eigenvalue weighted by Crippen LogP contribution is -2.30. The average Bonchev–Trinajstić information content (AvgIpc) is 2.76. The van der Waals surface area contributed by atoms with E-state index < -0.39 is 5.97 Å². The van der Waals surface area contributed by atoms with E-state index >= 15 is 0 Å². The second-order valence-corrected chi connectivity index (χ2v) is 6.13. The number of nitrogens with zero attached hydrogens (tertiary/aromatic N) is 1. The molecule has 0 atom stereocenters. The summed E-state index contributed by atoms with van der Waals surface area (Å²) in [5.74, 6) is 0.301. The molecule has 0 saturated carbocycles. The summed E-state index contributed by atoms with van der Waals surface area (Å²) in [7, 11) is 3.13. The number of carbonyl (C=O) groups excluding carboxylic acids is 2. The fraction of sp³-hybridized carbons (Fsp3) is 0.227. The largest absolute Gasteiger partial charge is 0.493 e. The van der Waals surface area contributed by atoms with Crippen LogP contribution < -0.4 is 14.8 Å². The third kappa shape index (κ3) is 4.45. The van der Waals surface area contributed by atoms with Crippen molar-refractivity contribution in [1.82, 2.24) is 10.3 Å². The number of fused-ring (bicyclic) bond motifs is 1. The summed E-state index contributed by atoms with van der Waals surface area (Å²) < 4.78 is 15.5. The predicted molar refractivity (Wildman–Crippen MR) is 109 cm³/mol. The van der Waals surface area contributed by atoms with Crippen molar-refractivity contribution in [2.24, 2.45) is 0 Å². The molecule has 7 nitrogen and oxygen atoms in total. The first-order valence-corrected chi connectivity index (χ1v) is 9.13. The van der Waals surface area contributed by atoms with Gasteiger partial charge in [0.25, 0.3) is 5.91 Å². The zero-order valence-corrected chi connectivity index (χ0v) is 16.5. The van der Waals surface area contributed by atoms with Gasteiger partial charge in [0.1, 0.15) is 6.54 Å². The van der Waals surface area contributed by atoms with Gasteiger partial charge in [-0.15, -0.1) is 0 Å². The number of esters is 1. The topological polar surface area (TPSA) is 86.8 Å². The Bertz CT molecular complexity index is 1050. The second kappa shape index (κ2) is 9.05. The van der Waals surface area contributed by atoms with Gasteiger partial charge < -0.3 is 19.5 Å². The van der Waals surface area contributed by atoms with Crippen LogP contribution in [0.1, 0.15) is 17.3 Å². The number of benzene rings is 2. The Kier molecular flexibility index (Phi) is 6.29. The van der Waals surface area contributed by atoms with Crippen molar-refractivity contribution in [2.45, 2.75) is 6.92 Å². The van der Waals surface area contributed by atoms with E-state index in [2.05, 4.69) is 10.3 Å². The summed E-state index contributed by atoms with van der Waals surface area (Å²) in [5.41, 5.74) is 2.46. The maximum atomic E-state index is 12.8. The van der Waals surface area contributed by atoms with Gasteiger partial charge in [-0.1, -0.05) is 18.2 Å². The number of para-hydroxylation sites is 1. The second-order valence-electron chi connectivity index (χ2n) is 6.13. The van der Waals surface area contributed by atoms with E-state index in [0.717, 1.165) is 5.56 Å². The number of aromatic nitrogens is 1. The first-order chi connectivity index (χ1) is 14.1. The third-order valence-corrected chi connectivity index (χ3v) is 4.34. The molecule has 1 amide bonds. The van der Waals surface area contributed by atoms with Crippen LogP contribution in [0.15, 0.2) is 48.5 Å². The van der Waals surface area contributed by atoms with Crippen LogP contribution in [0.5, 0.6) is 11.5 Å². The number of nitrogens with one attached hydrogen (secondary N) is 1. The summed E-state index contributed by atoms with van der Waals surface area (Å²) in [5, 5.41) is 3.30. The fourth-order valence-corrected chi connectivity index (χ4v) is 2.97. The van der Waals surface area contributed by atoms with E-state index in [0.29, 0.717) is 33.7 Å². The van der Waals surface area contributed by atoms with Crippen LogP contribution >= 0.6 is 0 Å². The summed E-state index contributed by atoms with van der Waals surface area (Å²) in [6.07, 6.45) is 0. The van der Waals surface area contributed by atoms with Gasteiger partial charge in [0.05, 0.1) is 37.6 Å². The summed E-state index contributed by atoms with van der Waals surface area (Å²) in [4.78, 5) is 29.0. The van der Waals surface area contributed by atoms with E-state index in [-0.39, 0.29) is 19.1 Å². The van der Waals surface area contributed by atoms with Crippen molar-refractivity contribution in [1.29, 1.82) is 0 Å². The molecule has 3 rings (SSSR count). The van der Waals surface area contributed by atoms with E-state index in [1.165, 1.54) is 0 Å². The number of hydrogen-bond acceptors (Lipinski definition) is 6. The number of rotatable bonds is 7. The Balaban J connectivity index is 2.02. The van der Waals surface area contributed by atoms with Crippen LogP contribution in [0, 0.1) is 0 Å². The molecule has 0 aliphatic rings. The number of amides is 1. The Morgan fingerprint density at radius 1 is 1.00 bits per heavy atom. The molecular formula is C22H22N2O5. The van der Waals surface area contributed by atoms with Crippen molar-refractivity contribution in [3.8, 4) is 22.8 Å². The molecule has 0 aliphatic carbocycles. The molecular weight excluding hydrogens is 372 g/mol. The zero-order chi connectivity index (χ0) is 20.8. The maximum absolute atomic E-state index is 12.8. The monoisotopic (exact) mass is 394 g/mol. The van der Waals surface area contributed by atoms with Gasteiger partial charge in [-0.2, -0.15) is 0 Å². The molecule has 1 heterocycles. The Labute approximate surface area is 168 Å². The highest BCUT2D eigenvalue weighted by Crippen LogP contribution is 2.33. The van der Waals surface area contributed by atoms with Crippen molar-refractivity contribution in [3.05, 3.63) is 54.1 Å². The predicted octanol–water partition coefficient (Wildman–Crippen LogP) is 3.21. The van der Waals surface area contributed by atoms with Gasteiger partial charge in [0.2, 0.25) is 0 Å². The van der Waals surface area contributed by atoms with Crippen LogP contribution in [0.3, 0.4) is 0 Å². The first-order valence-electron chi connectivity index (χ1n) is 9.13. The summed E-state index contributed by atoms with van der Waals surface area (Å²) in [6.45, 7) is 1.77. The Hall–Kier alpha value is -3.61. The molecule has 29 heavy (non-hydrogen) atoms. The van der Waals surface area contributed by atoms with Crippen molar-refractivity contribution < 1.29 is 23.8 Å². The molecule has 0 fully saturated rings. The van der Waals surface area contributed by atoms with Gasteiger partial charge >= 0.3 is 5.97 Å². The molecule has 0 unspecified atom stereocenters. The molecule has 0 aliphatic heterocycles. The van der Waals surface area contributed by atoms with E-state index in [9.17, 15) is 9.59 Å². The Morgan fingerprint density at radius 3 is 2.48 bits per heavy atom. The van der Waals surface area contributed by atoms with Gasteiger partial charge in [-0.3, -0.25) is 9.59 Å². The molecule has 1 N–H and O–H groups in total. The number of pyridine rings is 1. The lowest BCUT2D eigenvalue weighted by molar-refractivity contribution is -0.141. The lowest BCUT2D eigenvalue weighted by atomic mass is 10.0. The quantitative estimate of drug-likeness (QED) is 0.619. The summed E-state index contributed by atoms with van der Waals surface area (Å²) >= 11 is 0. The van der Waals surface area contributed by atoms with Crippen LogP contribution in [0.25, 0.3) is 22.2 Å². The minimum atomic E-state index is -0.487. The molecule has 0 bridgehead atoms. The molecule has 2 aromatic carbocycles. The molecule has 0 radical (unpaired) electrons. The summed E-state index contributed by atoms with van der Waals surface area (Å²) in [6, 6.07) is 14.5. The normalized spacial score (nSPS) is 10.4. The van der Waals surface area contributed by atoms with E-state index in [4.69, 9.17) is 14.2 Å². The minimum absolute atomic E-state index is 0.199. The van der Waals surface area contributed by atoms with E-state index in [1.54, 1.807) is 39.3 Å². The van der Waals surface area contributed by atoms with Crippen LogP contribution in [0.4, 0.5) is 0 Å². The van der Waals surface area contributed by atoms with Crippen LogP contribution in [-0.4, -0.2) is 44.2 Å². The van der Waals surface area contributed by atoms with Gasteiger partial charge in [-0.25, -0.2) is 4.98 Å². The third-order valence-electron chi connectivity index (χ3n) is 4.34. The first kappa shape index (κ1) is 20.1. The van der Waals surface area contributed by atoms with Crippen molar-refractivity contribution >= 4 is 22.8 Å². The number of methoxy groups -OCH3 is 2. The number of ether oxygens (including phenoxy) is 3. The molecule has 150 valence electrons. The molecule has 1 aromatic heterocycles. The molecule has 3 aromatic rings. The van der Waals surface area contributed by atoms with Gasteiger partial charge in [0.15, 0.2) is 11.5 Å². The number of hydrogen-bond donors (Lipinski definition) is 1. The standard InChI is InChI=1S/C22H22N2O5/c1-4-29-21(25)13-23-22(26)16-12-18(24-17-8-6-5-7-15(16)17)14-9-10-19(27-2)20(11-14)28-3/h5-12H,4,13H2,1-3H3,(H,23,26). The fourth-order valence-electron chi connectivity index (χ4n) is 2.97. The molecule has 7 heteroatoms. The lowest BCUT2D eigenvalue weighted by Gasteiger charge is -2.12. The highest BCUT2D eigenvalue weighted by molar-refractivity contribution is 6.07. The van der Waals surface area contributed by atoms with Gasteiger partial charge in [0, 0.05) is 10.9 Å². The maximum Gasteiger partial charge on any atom is 0.325 e. The highest BCUT2D eigenvalue weighted by Gasteiger charge is 2.16. The van der Waals surface area contributed by atoms with Crippen molar-refractivity contribution in [2.75, 3.05) is 27.4 Å². The number of carbonyl (C=O) groups is 2. The SMILES string of the molecule is CCOC(=O)CNC(=O)c1cc(-c2ccc(OC)c(OC)c2)nc2ccccc12. The van der Waals surface area contributed by atoms with Crippen molar-refractivity contribution in [3.63, 3.8) is 0 Å². The molecule has 0 spiro atoms. The smallest absolute Gasteiger partial charge is 0.325 e. The van der Waals surface area contributed by atoms with Crippen LogP contribution in [-0.2, 0) is 9.53 Å². The zero-order valence-electron chi connectivity index (χ0n) is 16.5. The molecule has 0 saturated heterocycles. The van der Waals surface area contributed by atoms with E-state index in [1.807, 2.05) is 30.3 Å².